The lowest BCUT2D eigenvalue weighted by Gasteiger charge is -2.31. The van der Waals surface area contributed by atoms with E-state index in [-0.39, 0.29) is 24.0 Å². The van der Waals surface area contributed by atoms with Gasteiger partial charge >= 0.3 is 0 Å². The van der Waals surface area contributed by atoms with Gasteiger partial charge in [-0.25, -0.2) is 0 Å². The minimum atomic E-state index is -0.215. The Morgan fingerprint density at radius 3 is 2.59 bits per heavy atom. The number of amides is 1. The average Bonchev–Trinajstić information content (AvgIpc) is 3.18. The number of carbonyl (C=O) groups excluding carboxylic acids is 1. The highest BCUT2D eigenvalue weighted by Crippen LogP contribution is 2.36. The van der Waals surface area contributed by atoms with E-state index < -0.39 is 0 Å². The van der Waals surface area contributed by atoms with E-state index in [2.05, 4.69) is 70.9 Å². The molecule has 166 valence electrons. The van der Waals surface area contributed by atoms with E-state index in [1.54, 1.807) is 0 Å². The van der Waals surface area contributed by atoms with Gasteiger partial charge in [0.2, 0.25) is 5.91 Å². The molecule has 5 heteroatoms. The Labute approximate surface area is 189 Å². The van der Waals surface area contributed by atoms with Gasteiger partial charge in [0.15, 0.2) is 0 Å². The zero-order chi connectivity index (χ0) is 22.1. The molecule has 1 fully saturated rings. The quantitative estimate of drug-likeness (QED) is 0.580. The van der Waals surface area contributed by atoms with Crippen molar-refractivity contribution in [3.8, 4) is 0 Å². The predicted molar refractivity (Wildman–Crippen MR) is 130 cm³/mol. The molecule has 5 nitrogen and oxygen atoms in total. The minimum absolute atomic E-state index is 0.121. The Bertz CT molecular complexity index is 1110. The van der Waals surface area contributed by atoms with Gasteiger partial charge in [0.25, 0.3) is 0 Å². The molecule has 0 radical (unpaired) electrons. The number of hydrogen-bond acceptors (Lipinski definition) is 4. The highest BCUT2D eigenvalue weighted by molar-refractivity contribution is 5.90. The first kappa shape index (κ1) is 21.0. The zero-order valence-electron chi connectivity index (χ0n) is 18.5. The third-order valence-corrected chi connectivity index (χ3v) is 7.13. The zero-order valence-corrected chi connectivity index (χ0v) is 18.5. The monoisotopic (exact) mass is 428 g/mol. The first-order valence-corrected chi connectivity index (χ1v) is 11.7. The van der Waals surface area contributed by atoms with Gasteiger partial charge < -0.3 is 21.7 Å². The summed E-state index contributed by atoms with van der Waals surface area (Å²) in [4.78, 5) is 15.8. The van der Waals surface area contributed by atoms with Gasteiger partial charge in [-0.05, 0) is 59.2 Å². The second kappa shape index (κ2) is 8.93. The van der Waals surface area contributed by atoms with Gasteiger partial charge in [-0.3, -0.25) is 4.79 Å². The number of fused-ring (bicyclic) bond motifs is 2. The molecular formula is C27H32N4O. The summed E-state index contributed by atoms with van der Waals surface area (Å²) in [5.41, 5.74) is 16.7. The first-order chi connectivity index (χ1) is 15.6. The van der Waals surface area contributed by atoms with Crippen LogP contribution in [0.25, 0.3) is 10.8 Å². The van der Waals surface area contributed by atoms with Crippen molar-refractivity contribution in [2.45, 2.75) is 63.3 Å². The van der Waals surface area contributed by atoms with Gasteiger partial charge in [-0.1, -0.05) is 54.6 Å². The fourth-order valence-corrected chi connectivity index (χ4v) is 5.27. The van der Waals surface area contributed by atoms with Crippen molar-refractivity contribution < 1.29 is 4.79 Å². The molecule has 1 saturated carbocycles. The normalized spacial score (nSPS) is 22.7. The Kier molecular flexibility index (Phi) is 5.85. The Morgan fingerprint density at radius 1 is 1.00 bits per heavy atom. The molecule has 0 bridgehead atoms. The van der Waals surface area contributed by atoms with E-state index in [4.69, 9.17) is 11.5 Å². The Morgan fingerprint density at radius 2 is 1.78 bits per heavy atom. The smallest absolute Gasteiger partial charge is 0.243 e. The van der Waals surface area contributed by atoms with Crippen LogP contribution in [-0.2, 0) is 24.3 Å². The van der Waals surface area contributed by atoms with Crippen molar-refractivity contribution in [2.75, 3.05) is 4.90 Å². The summed E-state index contributed by atoms with van der Waals surface area (Å²) in [6.45, 7) is 1.19. The molecule has 2 aliphatic rings. The fraction of sp³-hybridized carbons (Fsp3) is 0.370. The van der Waals surface area contributed by atoms with Crippen LogP contribution in [0.5, 0.6) is 0 Å². The maximum atomic E-state index is 13.5. The lowest BCUT2D eigenvalue weighted by atomic mass is 9.91. The van der Waals surface area contributed by atoms with Crippen molar-refractivity contribution in [1.29, 1.82) is 0 Å². The molecular weight excluding hydrogens is 396 g/mol. The predicted octanol–water partition coefficient (Wildman–Crippen LogP) is 3.62. The lowest BCUT2D eigenvalue weighted by molar-refractivity contribution is -0.123. The number of rotatable bonds is 5. The fourth-order valence-electron chi connectivity index (χ4n) is 5.27. The first-order valence-electron chi connectivity index (χ1n) is 11.7. The molecule has 0 aromatic heterocycles. The molecule has 5 rings (SSSR count). The van der Waals surface area contributed by atoms with E-state index in [0.29, 0.717) is 13.1 Å². The lowest BCUT2D eigenvalue weighted by Crippen LogP contribution is -2.49. The molecule has 1 aliphatic heterocycles. The molecule has 5 N–H and O–H groups in total. The van der Waals surface area contributed by atoms with Gasteiger partial charge in [0.05, 0.1) is 0 Å². The van der Waals surface area contributed by atoms with E-state index >= 15 is 0 Å². The summed E-state index contributed by atoms with van der Waals surface area (Å²) in [5, 5.41) is 5.79. The molecule has 3 aromatic rings. The van der Waals surface area contributed by atoms with Crippen LogP contribution < -0.4 is 21.7 Å². The number of hydrogen-bond donors (Lipinski definition) is 3. The molecule has 1 amide bonds. The molecule has 1 heterocycles. The summed E-state index contributed by atoms with van der Waals surface area (Å²) < 4.78 is 0. The number of nitrogens with two attached hydrogens (primary N) is 2. The number of benzene rings is 3. The number of carbonyl (C=O) groups is 1. The van der Waals surface area contributed by atoms with Crippen LogP contribution in [0, 0.1) is 0 Å². The number of nitrogens with one attached hydrogen (secondary N) is 1. The topological polar surface area (TPSA) is 84.4 Å². The Balaban J connectivity index is 1.45. The third kappa shape index (κ3) is 4.10. The molecule has 1 unspecified atom stereocenters. The van der Waals surface area contributed by atoms with Crippen LogP contribution in [-0.4, -0.2) is 24.0 Å². The van der Waals surface area contributed by atoms with Crippen LogP contribution in [0.4, 0.5) is 5.69 Å². The van der Waals surface area contributed by atoms with Gasteiger partial charge in [-0.2, -0.15) is 0 Å². The van der Waals surface area contributed by atoms with Crippen LogP contribution >= 0.6 is 0 Å². The summed E-state index contributed by atoms with van der Waals surface area (Å²) in [6.07, 6.45) is 4.62. The van der Waals surface area contributed by atoms with Crippen LogP contribution in [0.2, 0.25) is 0 Å². The highest BCUT2D eigenvalue weighted by atomic mass is 16.2. The van der Waals surface area contributed by atoms with Crippen molar-refractivity contribution in [1.82, 2.24) is 5.32 Å². The van der Waals surface area contributed by atoms with Crippen LogP contribution in [0.3, 0.4) is 0 Å². The van der Waals surface area contributed by atoms with Crippen molar-refractivity contribution in [3.05, 3.63) is 77.4 Å². The van der Waals surface area contributed by atoms with Crippen LogP contribution in [0.1, 0.15) is 42.4 Å². The average molecular weight is 429 g/mol. The second-order valence-electron chi connectivity index (χ2n) is 9.27. The number of anilines is 1. The molecule has 0 saturated heterocycles. The SMILES string of the molecule is NCc1ccc2c(c1)N(Cc1cccc3ccccc13)C(C(=O)N[C@H]1CC[C@H](N)CC1)C2. The minimum Gasteiger partial charge on any atom is -0.355 e. The van der Waals surface area contributed by atoms with Gasteiger partial charge in [0.1, 0.15) is 6.04 Å². The summed E-state index contributed by atoms with van der Waals surface area (Å²) >= 11 is 0. The summed E-state index contributed by atoms with van der Waals surface area (Å²) in [5.74, 6) is 0.121. The second-order valence-corrected chi connectivity index (χ2v) is 9.27. The van der Waals surface area contributed by atoms with E-state index in [1.807, 2.05) is 0 Å². The van der Waals surface area contributed by atoms with Gasteiger partial charge in [0, 0.05) is 37.3 Å². The van der Waals surface area contributed by atoms with Crippen LogP contribution in [0.15, 0.2) is 60.7 Å². The van der Waals surface area contributed by atoms with E-state index in [1.165, 1.54) is 21.9 Å². The molecule has 1 aliphatic carbocycles. The van der Waals surface area contributed by atoms with E-state index in [9.17, 15) is 4.79 Å². The van der Waals surface area contributed by atoms with Crippen molar-refractivity contribution in [3.63, 3.8) is 0 Å². The summed E-state index contributed by atoms with van der Waals surface area (Å²) in [6, 6.07) is 21.5. The third-order valence-electron chi connectivity index (χ3n) is 7.13. The molecule has 0 spiro atoms. The molecule has 3 aromatic carbocycles. The highest BCUT2D eigenvalue weighted by Gasteiger charge is 2.36. The largest absolute Gasteiger partial charge is 0.355 e. The molecule has 32 heavy (non-hydrogen) atoms. The van der Waals surface area contributed by atoms with Crippen molar-refractivity contribution in [2.24, 2.45) is 11.5 Å². The van der Waals surface area contributed by atoms with E-state index in [0.717, 1.165) is 43.4 Å². The van der Waals surface area contributed by atoms with Gasteiger partial charge in [-0.15, -0.1) is 0 Å². The summed E-state index contributed by atoms with van der Waals surface area (Å²) in [7, 11) is 0. The van der Waals surface area contributed by atoms with Crippen molar-refractivity contribution >= 4 is 22.4 Å². The molecule has 1 atom stereocenters. The standard InChI is InChI=1S/C27H32N4O/c28-16-18-8-9-20-15-26(27(32)30-23-12-10-22(29)11-13-23)31(25(20)14-18)17-21-6-3-5-19-4-1-2-7-24(19)21/h1-9,14,22-23,26H,10-13,15-17,28-29H2,(H,30,32)/t22-,23-,26?. The number of nitrogens with zero attached hydrogens (tertiary/aromatic N) is 1. The maximum Gasteiger partial charge on any atom is 0.243 e. The maximum absolute atomic E-state index is 13.5. The Hall–Kier alpha value is -2.89.